The SMILES string of the molecule is CCC1(C)NC(C(=O)O)CCS1. The van der Waals surface area contributed by atoms with Gasteiger partial charge in [-0.05, 0) is 25.5 Å². The molecule has 1 saturated heterocycles. The number of hydrogen-bond donors (Lipinski definition) is 2. The van der Waals surface area contributed by atoms with Crippen LogP contribution < -0.4 is 5.32 Å². The summed E-state index contributed by atoms with van der Waals surface area (Å²) in [5.41, 5.74) is 0. The minimum Gasteiger partial charge on any atom is -0.480 e. The Balaban J connectivity index is 2.57. The van der Waals surface area contributed by atoms with E-state index in [-0.39, 0.29) is 10.9 Å². The molecule has 1 heterocycles. The van der Waals surface area contributed by atoms with Crippen molar-refractivity contribution in [2.24, 2.45) is 0 Å². The van der Waals surface area contributed by atoms with Crippen molar-refractivity contribution < 1.29 is 9.90 Å². The highest BCUT2D eigenvalue weighted by Crippen LogP contribution is 2.31. The van der Waals surface area contributed by atoms with E-state index in [4.69, 9.17) is 5.11 Å². The van der Waals surface area contributed by atoms with Gasteiger partial charge in [0.05, 0.1) is 4.87 Å². The third-order valence-corrected chi connectivity index (χ3v) is 3.76. The number of carboxylic acid groups (broad SMARTS) is 1. The average molecular weight is 189 g/mol. The summed E-state index contributed by atoms with van der Waals surface area (Å²) >= 11 is 1.81. The van der Waals surface area contributed by atoms with Gasteiger partial charge in [-0.3, -0.25) is 10.1 Å². The minimum absolute atomic E-state index is 0.0404. The Bertz CT molecular complexity index is 186. The topological polar surface area (TPSA) is 49.3 Å². The van der Waals surface area contributed by atoms with E-state index in [0.717, 1.165) is 18.6 Å². The maximum atomic E-state index is 10.7. The molecule has 0 aromatic carbocycles. The summed E-state index contributed by atoms with van der Waals surface area (Å²) < 4.78 is 0. The highest BCUT2D eigenvalue weighted by atomic mass is 32.2. The zero-order valence-corrected chi connectivity index (χ0v) is 8.28. The van der Waals surface area contributed by atoms with Crippen molar-refractivity contribution in [2.75, 3.05) is 5.75 Å². The summed E-state index contributed by atoms with van der Waals surface area (Å²) in [4.78, 5) is 10.6. The Hall–Kier alpha value is -0.220. The van der Waals surface area contributed by atoms with Crippen LogP contribution in [-0.4, -0.2) is 27.7 Å². The molecule has 0 aromatic rings. The monoisotopic (exact) mass is 189 g/mol. The zero-order chi connectivity index (χ0) is 9.19. The molecule has 12 heavy (non-hydrogen) atoms. The predicted molar refractivity (Wildman–Crippen MR) is 50.3 cm³/mol. The molecule has 1 rings (SSSR count). The van der Waals surface area contributed by atoms with Crippen LogP contribution in [0.5, 0.6) is 0 Å². The minimum atomic E-state index is -0.727. The number of carboxylic acids is 1. The lowest BCUT2D eigenvalue weighted by atomic mass is 10.1. The highest BCUT2D eigenvalue weighted by molar-refractivity contribution is 8.00. The van der Waals surface area contributed by atoms with E-state index in [1.54, 1.807) is 0 Å². The summed E-state index contributed by atoms with van der Waals surface area (Å²) in [6.07, 6.45) is 1.69. The fraction of sp³-hybridized carbons (Fsp3) is 0.875. The smallest absolute Gasteiger partial charge is 0.320 e. The fourth-order valence-corrected chi connectivity index (χ4v) is 2.51. The van der Waals surface area contributed by atoms with Gasteiger partial charge in [-0.2, -0.15) is 0 Å². The molecular weight excluding hydrogens is 174 g/mol. The molecule has 1 aliphatic heterocycles. The number of carbonyl (C=O) groups is 1. The summed E-state index contributed by atoms with van der Waals surface area (Å²) in [6, 6.07) is -0.351. The summed E-state index contributed by atoms with van der Waals surface area (Å²) in [7, 11) is 0. The van der Waals surface area contributed by atoms with Gasteiger partial charge in [0.15, 0.2) is 0 Å². The second kappa shape index (κ2) is 3.66. The number of aliphatic carboxylic acids is 1. The van der Waals surface area contributed by atoms with E-state index < -0.39 is 5.97 Å². The van der Waals surface area contributed by atoms with Gasteiger partial charge in [0.25, 0.3) is 0 Å². The van der Waals surface area contributed by atoms with Crippen molar-refractivity contribution in [3.63, 3.8) is 0 Å². The molecule has 4 heteroatoms. The first-order valence-corrected chi connectivity index (χ1v) is 5.20. The molecule has 1 aliphatic rings. The van der Waals surface area contributed by atoms with Crippen molar-refractivity contribution in [1.82, 2.24) is 5.32 Å². The lowest BCUT2D eigenvalue weighted by Gasteiger charge is -2.36. The fourth-order valence-electron chi connectivity index (χ4n) is 1.27. The third-order valence-electron chi connectivity index (χ3n) is 2.28. The Morgan fingerprint density at radius 3 is 3.00 bits per heavy atom. The highest BCUT2D eigenvalue weighted by Gasteiger charge is 2.33. The number of nitrogens with one attached hydrogen (secondary N) is 1. The Morgan fingerprint density at radius 2 is 2.50 bits per heavy atom. The first-order chi connectivity index (χ1) is 5.57. The molecule has 2 unspecified atom stereocenters. The quantitative estimate of drug-likeness (QED) is 0.687. The van der Waals surface area contributed by atoms with Crippen molar-refractivity contribution in [3.05, 3.63) is 0 Å². The molecular formula is C8H15NO2S. The van der Waals surface area contributed by atoms with Crippen LogP contribution in [0.15, 0.2) is 0 Å². The average Bonchev–Trinajstić information content (AvgIpc) is 2.05. The van der Waals surface area contributed by atoms with E-state index in [2.05, 4.69) is 19.2 Å². The van der Waals surface area contributed by atoms with E-state index in [0.29, 0.717) is 0 Å². The molecule has 2 N–H and O–H groups in total. The third kappa shape index (κ3) is 2.14. The summed E-state index contributed by atoms with van der Waals surface area (Å²) in [6.45, 7) is 4.14. The van der Waals surface area contributed by atoms with Crippen molar-refractivity contribution >= 4 is 17.7 Å². The van der Waals surface area contributed by atoms with Crippen LogP contribution in [0, 0.1) is 0 Å². The number of hydrogen-bond acceptors (Lipinski definition) is 3. The van der Waals surface area contributed by atoms with E-state index in [9.17, 15) is 4.79 Å². The second-order valence-electron chi connectivity index (χ2n) is 3.26. The van der Waals surface area contributed by atoms with Gasteiger partial charge in [0, 0.05) is 0 Å². The summed E-state index contributed by atoms with van der Waals surface area (Å²) in [5, 5.41) is 11.9. The van der Waals surface area contributed by atoms with Crippen molar-refractivity contribution in [3.8, 4) is 0 Å². The van der Waals surface area contributed by atoms with Gasteiger partial charge < -0.3 is 5.11 Å². The zero-order valence-electron chi connectivity index (χ0n) is 7.46. The molecule has 0 spiro atoms. The molecule has 0 aromatic heterocycles. The first-order valence-electron chi connectivity index (χ1n) is 4.22. The normalized spacial score (nSPS) is 36.3. The van der Waals surface area contributed by atoms with Crippen LogP contribution >= 0.6 is 11.8 Å². The molecule has 1 fully saturated rings. The maximum absolute atomic E-state index is 10.7. The van der Waals surface area contributed by atoms with Crippen LogP contribution in [0.3, 0.4) is 0 Å². The Labute approximate surface area is 76.9 Å². The van der Waals surface area contributed by atoms with Gasteiger partial charge in [-0.15, -0.1) is 11.8 Å². The van der Waals surface area contributed by atoms with Gasteiger partial charge in [0.2, 0.25) is 0 Å². The van der Waals surface area contributed by atoms with E-state index in [1.807, 2.05) is 11.8 Å². The Kier molecular flexibility index (Phi) is 3.01. The number of rotatable bonds is 2. The predicted octanol–water partition coefficient (Wildman–Crippen LogP) is 1.29. The van der Waals surface area contributed by atoms with Gasteiger partial charge >= 0.3 is 5.97 Å². The molecule has 0 radical (unpaired) electrons. The van der Waals surface area contributed by atoms with E-state index >= 15 is 0 Å². The van der Waals surface area contributed by atoms with Crippen LogP contribution in [0.2, 0.25) is 0 Å². The Morgan fingerprint density at radius 1 is 1.83 bits per heavy atom. The molecule has 3 nitrogen and oxygen atoms in total. The second-order valence-corrected chi connectivity index (χ2v) is 4.85. The molecule has 2 atom stereocenters. The summed E-state index contributed by atoms with van der Waals surface area (Å²) in [5.74, 6) is 0.212. The largest absolute Gasteiger partial charge is 0.480 e. The lowest BCUT2D eigenvalue weighted by Crippen LogP contribution is -2.52. The molecule has 0 bridgehead atoms. The standard InChI is InChI=1S/C8H15NO2S/c1-3-8(2)9-6(7(10)11)4-5-12-8/h6,9H,3-5H2,1-2H3,(H,10,11). The molecule has 0 aliphatic carbocycles. The van der Waals surface area contributed by atoms with Gasteiger partial charge in [0.1, 0.15) is 6.04 Å². The van der Waals surface area contributed by atoms with Gasteiger partial charge in [-0.1, -0.05) is 6.92 Å². The van der Waals surface area contributed by atoms with Crippen LogP contribution in [-0.2, 0) is 4.79 Å². The maximum Gasteiger partial charge on any atom is 0.320 e. The van der Waals surface area contributed by atoms with Crippen molar-refractivity contribution in [2.45, 2.75) is 37.6 Å². The van der Waals surface area contributed by atoms with Crippen LogP contribution in [0.25, 0.3) is 0 Å². The van der Waals surface area contributed by atoms with E-state index in [1.165, 1.54) is 0 Å². The van der Waals surface area contributed by atoms with Crippen molar-refractivity contribution in [1.29, 1.82) is 0 Å². The van der Waals surface area contributed by atoms with Crippen LogP contribution in [0.4, 0.5) is 0 Å². The first kappa shape index (κ1) is 9.86. The molecule has 0 saturated carbocycles. The number of thioether (sulfide) groups is 1. The lowest BCUT2D eigenvalue weighted by molar-refractivity contribution is -0.140. The molecule has 0 amide bonds. The van der Waals surface area contributed by atoms with Crippen LogP contribution in [0.1, 0.15) is 26.7 Å². The molecule has 70 valence electrons. The van der Waals surface area contributed by atoms with Gasteiger partial charge in [-0.25, -0.2) is 0 Å².